The largest absolute Gasteiger partial charge is 0.465 e. The fraction of sp³-hybridized carbons (Fsp3) is 0.588. The average molecular weight is 273 g/mol. The predicted octanol–water partition coefficient (Wildman–Crippen LogP) is 3.16. The van der Waals surface area contributed by atoms with Gasteiger partial charge in [-0.1, -0.05) is 30.3 Å². The minimum absolute atomic E-state index is 0.0255. The molecule has 3 rings (SSSR count). The van der Waals surface area contributed by atoms with Gasteiger partial charge in [-0.3, -0.25) is 9.69 Å². The zero-order valence-electron chi connectivity index (χ0n) is 12.3. The van der Waals surface area contributed by atoms with Crippen molar-refractivity contribution in [1.82, 2.24) is 4.90 Å². The van der Waals surface area contributed by atoms with E-state index in [1.165, 1.54) is 18.4 Å². The summed E-state index contributed by atoms with van der Waals surface area (Å²) in [6, 6.07) is 11.3. The summed E-state index contributed by atoms with van der Waals surface area (Å²) in [7, 11) is 0. The topological polar surface area (TPSA) is 29.5 Å². The molecule has 2 aliphatic rings. The van der Waals surface area contributed by atoms with Crippen LogP contribution in [0.25, 0.3) is 0 Å². The van der Waals surface area contributed by atoms with Crippen LogP contribution in [0.15, 0.2) is 30.3 Å². The first kappa shape index (κ1) is 13.6. The fourth-order valence-electron chi connectivity index (χ4n) is 4.02. The van der Waals surface area contributed by atoms with E-state index in [-0.39, 0.29) is 18.1 Å². The first-order valence-corrected chi connectivity index (χ1v) is 7.71. The summed E-state index contributed by atoms with van der Waals surface area (Å²) < 4.78 is 5.31. The van der Waals surface area contributed by atoms with Crippen LogP contribution in [0.3, 0.4) is 0 Å². The highest BCUT2D eigenvalue weighted by molar-refractivity contribution is 5.77. The Morgan fingerprint density at radius 2 is 2.10 bits per heavy atom. The molecule has 0 aromatic heterocycles. The normalized spacial score (nSPS) is 30.4. The molecule has 108 valence electrons. The van der Waals surface area contributed by atoms with Gasteiger partial charge in [0, 0.05) is 12.1 Å². The molecule has 3 heteroatoms. The van der Waals surface area contributed by atoms with E-state index in [0.717, 1.165) is 6.42 Å². The molecule has 1 aliphatic carbocycles. The summed E-state index contributed by atoms with van der Waals surface area (Å²) in [5.74, 6) is 0.465. The van der Waals surface area contributed by atoms with Crippen molar-refractivity contribution in [3.63, 3.8) is 0 Å². The Hall–Kier alpha value is -1.35. The molecule has 1 saturated carbocycles. The Morgan fingerprint density at radius 3 is 2.80 bits per heavy atom. The molecule has 0 amide bonds. The maximum atomic E-state index is 12.3. The number of piperidine rings is 1. The van der Waals surface area contributed by atoms with Gasteiger partial charge in [0.2, 0.25) is 0 Å². The molecule has 1 aromatic carbocycles. The number of hydrogen-bond donors (Lipinski definition) is 0. The summed E-state index contributed by atoms with van der Waals surface area (Å²) >= 11 is 0. The van der Waals surface area contributed by atoms with E-state index in [1.807, 2.05) is 13.0 Å². The molecule has 1 unspecified atom stereocenters. The fourth-order valence-corrected chi connectivity index (χ4v) is 4.02. The van der Waals surface area contributed by atoms with Gasteiger partial charge in [-0.15, -0.1) is 0 Å². The van der Waals surface area contributed by atoms with Crippen LogP contribution in [0.2, 0.25) is 0 Å². The van der Waals surface area contributed by atoms with Gasteiger partial charge in [-0.25, -0.2) is 0 Å². The second-order valence-corrected chi connectivity index (χ2v) is 5.96. The maximum absolute atomic E-state index is 12.3. The first-order valence-electron chi connectivity index (χ1n) is 7.71. The maximum Gasteiger partial charge on any atom is 0.323 e. The van der Waals surface area contributed by atoms with Crippen molar-refractivity contribution in [2.75, 3.05) is 6.61 Å². The third-order valence-corrected chi connectivity index (χ3v) is 4.89. The number of rotatable bonds is 4. The van der Waals surface area contributed by atoms with Crippen molar-refractivity contribution in [1.29, 1.82) is 0 Å². The Kier molecular flexibility index (Phi) is 3.79. The van der Waals surface area contributed by atoms with E-state index < -0.39 is 0 Å². The van der Waals surface area contributed by atoms with Crippen molar-refractivity contribution in [2.45, 2.75) is 51.2 Å². The summed E-state index contributed by atoms with van der Waals surface area (Å²) in [5.41, 5.74) is 1.29. The molecule has 0 spiro atoms. The first-order chi connectivity index (χ1) is 9.72. The zero-order valence-corrected chi connectivity index (χ0v) is 12.3. The lowest BCUT2D eigenvalue weighted by Gasteiger charge is -2.38. The van der Waals surface area contributed by atoms with Crippen LogP contribution in [-0.2, 0) is 9.53 Å². The number of ether oxygens (including phenoxy) is 1. The minimum atomic E-state index is -0.0380. The molecule has 1 aromatic rings. The Bertz CT molecular complexity index is 473. The van der Waals surface area contributed by atoms with Crippen LogP contribution in [-0.4, -0.2) is 29.6 Å². The number of likely N-dealkylation sites (tertiary alicyclic amines) is 1. The highest BCUT2D eigenvalue weighted by atomic mass is 16.5. The van der Waals surface area contributed by atoms with Gasteiger partial charge in [-0.2, -0.15) is 0 Å². The smallest absolute Gasteiger partial charge is 0.323 e. The lowest BCUT2D eigenvalue weighted by atomic mass is 9.96. The van der Waals surface area contributed by atoms with Crippen molar-refractivity contribution < 1.29 is 9.53 Å². The number of benzene rings is 1. The second-order valence-electron chi connectivity index (χ2n) is 5.96. The van der Waals surface area contributed by atoms with Gasteiger partial charge >= 0.3 is 5.97 Å². The van der Waals surface area contributed by atoms with Crippen LogP contribution < -0.4 is 0 Å². The van der Waals surface area contributed by atoms with Gasteiger partial charge < -0.3 is 4.74 Å². The predicted molar refractivity (Wildman–Crippen MR) is 78.2 cm³/mol. The number of hydrogen-bond acceptors (Lipinski definition) is 3. The van der Waals surface area contributed by atoms with Gasteiger partial charge in [0.1, 0.15) is 6.04 Å². The van der Waals surface area contributed by atoms with E-state index in [4.69, 9.17) is 4.74 Å². The molecule has 2 fully saturated rings. The number of carbonyl (C=O) groups is 1. The molecule has 0 N–H and O–H groups in total. The van der Waals surface area contributed by atoms with Crippen molar-refractivity contribution >= 4 is 5.97 Å². The van der Waals surface area contributed by atoms with Crippen LogP contribution in [0.1, 0.15) is 44.7 Å². The number of fused-ring (bicyclic) bond motifs is 2. The average Bonchev–Trinajstić information content (AvgIpc) is 3.08. The van der Waals surface area contributed by atoms with Crippen molar-refractivity contribution in [3.05, 3.63) is 35.9 Å². The van der Waals surface area contributed by atoms with Crippen LogP contribution in [0.4, 0.5) is 0 Å². The van der Waals surface area contributed by atoms with Gasteiger partial charge in [0.15, 0.2) is 0 Å². The minimum Gasteiger partial charge on any atom is -0.465 e. The zero-order chi connectivity index (χ0) is 14.1. The summed E-state index contributed by atoms with van der Waals surface area (Å²) in [5, 5.41) is 0. The third kappa shape index (κ3) is 2.24. The van der Waals surface area contributed by atoms with Crippen LogP contribution in [0.5, 0.6) is 0 Å². The number of carbonyl (C=O) groups excluding carboxylic acids is 1. The monoisotopic (exact) mass is 273 g/mol. The van der Waals surface area contributed by atoms with E-state index in [9.17, 15) is 4.79 Å². The molecule has 3 nitrogen and oxygen atoms in total. The number of esters is 1. The quantitative estimate of drug-likeness (QED) is 0.789. The number of nitrogens with zero attached hydrogens (tertiary/aromatic N) is 1. The van der Waals surface area contributed by atoms with Crippen LogP contribution in [0, 0.1) is 5.92 Å². The molecule has 2 bridgehead atoms. The Labute approximate surface area is 120 Å². The van der Waals surface area contributed by atoms with Gasteiger partial charge in [0.25, 0.3) is 0 Å². The van der Waals surface area contributed by atoms with Crippen LogP contribution >= 0.6 is 0 Å². The molecule has 1 aliphatic heterocycles. The van der Waals surface area contributed by atoms with Crippen molar-refractivity contribution in [3.8, 4) is 0 Å². The molecular formula is C17H23NO2. The highest BCUT2D eigenvalue weighted by Crippen LogP contribution is 2.46. The standard InChI is InChI=1S/C17H23NO2/c1-3-20-17(19)16-14-9-10-15(11-14)18(16)12(2)13-7-5-4-6-8-13/h4-8,12,14-16H,3,9-11H2,1-2H3/t12-,14+,15-,16?/m1/s1. The molecule has 1 heterocycles. The summed E-state index contributed by atoms with van der Waals surface area (Å²) in [4.78, 5) is 14.7. The summed E-state index contributed by atoms with van der Waals surface area (Å²) in [6.07, 6.45) is 3.55. The lowest BCUT2D eigenvalue weighted by molar-refractivity contribution is -0.152. The highest BCUT2D eigenvalue weighted by Gasteiger charge is 2.51. The summed E-state index contributed by atoms with van der Waals surface area (Å²) in [6.45, 7) is 4.57. The second kappa shape index (κ2) is 5.57. The molecule has 0 radical (unpaired) electrons. The lowest BCUT2D eigenvalue weighted by Crippen LogP contribution is -2.47. The Morgan fingerprint density at radius 1 is 1.35 bits per heavy atom. The van der Waals surface area contributed by atoms with E-state index in [1.54, 1.807) is 0 Å². The molecule has 4 atom stereocenters. The Balaban J connectivity index is 1.84. The van der Waals surface area contributed by atoms with Gasteiger partial charge in [0.05, 0.1) is 6.61 Å². The molecule has 1 saturated heterocycles. The van der Waals surface area contributed by atoms with E-state index in [0.29, 0.717) is 18.6 Å². The SMILES string of the molecule is CCOC(=O)C1[C@H]2CC[C@H](C2)N1[C@H](C)c1ccccc1. The van der Waals surface area contributed by atoms with E-state index >= 15 is 0 Å². The van der Waals surface area contributed by atoms with Gasteiger partial charge in [-0.05, 0) is 44.6 Å². The molecule has 20 heavy (non-hydrogen) atoms. The van der Waals surface area contributed by atoms with Crippen molar-refractivity contribution in [2.24, 2.45) is 5.92 Å². The third-order valence-electron chi connectivity index (χ3n) is 4.89. The molecular weight excluding hydrogens is 250 g/mol. The van der Waals surface area contributed by atoms with E-state index in [2.05, 4.69) is 36.1 Å².